The number of fused-ring (bicyclic) bond motifs is 2. The van der Waals surface area contributed by atoms with Crippen LogP contribution in [0, 0.1) is 4.91 Å². The van der Waals surface area contributed by atoms with Gasteiger partial charge in [0.15, 0.2) is 0 Å². The van der Waals surface area contributed by atoms with Crippen molar-refractivity contribution < 1.29 is 9.47 Å². The lowest BCUT2D eigenvalue weighted by atomic mass is 10.1. The largest absolute Gasteiger partial charge is 0.489 e. The van der Waals surface area contributed by atoms with Crippen LogP contribution in [-0.2, 0) is 13.2 Å². The van der Waals surface area contributed by atoms with E-state index in [1.165, 1.54) is 0 Å². The molecule has 0 radical (unpaired) electrons. The van der Waals surface area contributed by atoms with Gasteiger partial charge in [-0.25, -0.2) is 0 Å². The molecular weight excluding hydrogens is 450 g/mol. The minimum atomic E-state index is 0.353. The van der Waals surface area contributed by atoms with E-state index in [-0.39, 0.29) is 0 Å². The summed E-state index contributed by atoms with van der Waals surface area (Å²) in [5, 5.41) is 5.06. The van der Waals surface area contributed by atoms with Gasteiger partial charge in [0.2, 0.25) is 0 Å². The highest BCUT2D eigenvalue weighted by Gasteiger charge is 2.18. The lowest BCUT2D eigenvalue weighted by molar-refractivity contribution is 0.306. The van der Waals surface area contributed by atoms with E-state index >= 15 is 0 Å². The molecule has 0 aliphatic carbocycles. The molecular formula is C30H23N3O3. The van der Waals surface area contributed by atoms with Crippen LogP contribution < -0.4 is 9.47 Å². The number of rotatable bonds is 8. The van der Waals surface area contributed by atoms with Crippen molar-refractivity contribution >= 4 is 27.5 Å². The summed E-state index contributed by atoms with van der Waals surface area (Å²) in [5.41, 5.74) is 5.80. The molecule has 0 fully saturated rings. The Morgan fingerprint density at radius 2 is 1.25 bits per heavy atom. The summed E-state index contributed by atoms with van der Waals surface area (Å²) in [6.45, 7) is 0.924. The number of benzene rings is 4. The maximum Gasteiger partial charge on any atom is 0.141 e. The molecule has 36 heavy (non-hydrogen) atoms. The molecule has 6 rings (SSSR count). The van der Waals surface area contributed by atoms with E-state index in [1.807, 2.05) is 103 Å². The molecule has 6 heteroatoms. The van der Waals surface area contributed by atoms with Crippen molar-refractivity contribution in [1.82, 2.24) is 9.97 Å². The molecule has 4 aromatic carbocycles. The first-order chi connectivity index (χ1) is 17.8. The van der Waals surface area contributed by atoms with Gasteiger partial charge in [0, 0.05) is 33.6 Å². The van der Waals surface area contributed by atoms with Crippen molar-refractivity contribution in [2.45, 2.75) is 13.2 Å². The molecule has 2 aromatic heterocycles. The summed E-state index contributed by atoms with van der Waals surface area (Å²) < 4.78 is 12.0. The van der Waals surface area contributed by atoms with Gasteiger partial charge in [-0.3, -0.25) is 0 Å². The van der Waals surface area contributed by atoms with Gasteiger partial charge >= 0.3 is 0 Å². The quantitative estimate of drug-likeness (QED) is 0.221. The number of ether oxygens (including phenoxy) is 2. The van der Waals surface area contributed by atoms with Crippen LogP contribution in [0.5, 0.6) is 11.5 Å². The zero-order chi connectivity index (χ0) is 24.3. The Kier molecular flexibility index (Phi) is 5.68. The predicted octanol–water partition coefficient (Wildman–Crippen LogP) is 7.87. The first-order valence-corrected chi connectivity index (χ1v) is 11.7. The van der Waals surface area contributed by atoms with Gasteiger partial charge in [-0.2, -0.15) is 0 Å². The van der Waals surface area contributed by atoms with Crippen LogP contribution in [0.25, 0.3) is 33.1 Å². The van der Waals surface area contributed by atoms with Gasteiger partial charge in [-0.1, -0.05) is 60.7 Å². The zero-order valence-electron chi connectivity index (χ0n) is 19.4. The number of nitrogens with zero attached hydrogens (tertiary/aromatic N) is 1. The molecule has 6 aromatic rings. The zero-order valence-corrected chi connectivity index (χ0v) is 19.4. The molecule has 2 N–H and O–H groups in total. The Hall–Kier alpha value is -4.84. The minimum Gasteiger partial charge on any atom is -0.489 e. The summed E-state index contributed by atoms with van der Waals surface area (Å²) in [6.07, 6.45) is 1.89. The minimum absolute atomic E-state index is 0.353. The lowest BCUT2D eigenvalue weighted by Gasteiger charge is -2.07. The molecule has 0 atom stereocenters. The number of aromatic amines is 2. The smallest absolute Gasteiger partial charge is 0.141 e. The molecule has 0 aliphatic rings. The molecule has 0 bridgehead atoms. The summed E-state index contributed by atoms with van der Waals surface area (Å²) in [7, 11) is 0. The summed E-state index contributed by atoms with van der Waals surface area (Å²) >= 11 is 0. The topological polar surface area (TPSA) is 79.5 Å². The Balaban J connectivity index is 1.32. The van der Waals surface area contributed by atoms with Gasteiger partial charge in [-0.15, -0.1) is 4.91 Å². The fourth-order valence-electron chi connectivity index (χ4n) is 4.41. The van der Waals surface area contributed by atoms with Crippen molar-refractivity contribution in [3.8, 4) is 22.8 Å². The van der Waals surface area contributed by atoms with Gasteiger partial charge in [0.25, 0.3) is 0 Å². The van der Waals surface area contributed by atoms with Crippen molar-refractivity contribution in [2.75, 3.05) is 0 Å². The molecule has 176 valence electrons. The molecule has 0 amide bonds. The first-order valence-electron chi connectivity index (χ1n) is 11.7. The third kappa shape index (κ3) is 4.20. The number of nitroso groups, excluding NO2 is 1. The highest BCUT2D eigenvalue weighted by molar-refractivity contribution is 6.06. The van der Waals surface area contributed by atoms with Crippen molar-refractivity contribution in [3.63, 3.8) is 0 Å². The molecule has 0 unspecified atom stereocenters. The Morgan fingerprint density at radius 1 is 0.667 bits per heavy atom. The fourth-order valence-corrected chi connectivity index (χ4v) is 4.41. The predicted molar refractivity (Wildman–Crippen MR) is 143 cm³/mol. The summed E-state index contributed by atoms with van der Waals surface area (Å²) in [6, 6.07) is 31.6. The van der Waals surface area contributed by atoms with Crippen molar-refractivity contribution in [3.05, 3.63) is 119 Å². The average molecular weight is 474 g/mol. The number of aromatic nitrogens is 2. The van der Waals surface area contributed by atoms with E-state index in [0.717, 1.165) is 44.2 Å². The van der Waals surface area contributed by atoms with Crippen LogP contribution in [0.3, 0.4) is 0 Å². The number of hydrogen-bond donors (Lipinski definition) is 2. The lowest BCUT2D eigenvalue weighted by Crippen LogP contribution is -1.94. The van der Waals surface area contributed by atoms with Crippen LogP contribution >= 0.6 is 0 Å². The molecule has 0 spiro atoms. The Bertz CT molecular complexity index is 1650. The Morgan fingerprint density at radius 3 is 1.86 bits per heavy atom. The van der Waals surface area contributed by atoms with Gasteiger partial charge in [0.05, 0.1) is 5.69 Å². The molecule has 0 aliphatic heterocycles. The van der Waals surface area contributed by atoms with E-state index in [9.17, 15) is 4.91 Å². The van der Waals surface area contributed by atoms with E-state index < -0.39 is 0 Å². The second kappa shape index (κ2) is 9.43. The highest BCUT2D eigenvalue weighted by atomic mass is 16.5. The van der Waals surface area contributed by atoms with Gasteiger partial charge in [0.1, 0.15) is 30.4 Å². The molecule has 2 heterocycles. The van der Waals surface area contributed by atoms with Crippen LogP contribution in [0.15, 0.2) is 108 Å². The van der Waals surface area contributed by atoms with Crippen LogP contribution in [0.1, 0.15) is 11.1 Å². The molecule has 0 saturated heterocycles. The van der Waals surface area contributed by atoms with E-state index in [1.54, 1.807) is 0 Å². The second-order valence-corrected chi connectivity index (χ2v) is 8.61. The fraction of sp³-hybridized carbons (Fsp3) is 0.0667. The third-order valence-electron chi connectivity index (χ3n) is 6.25. The second-order valence-electron chi connectivity index (χ2n) is 8.61. The van der Waals surface area contributed by atoms with Gasteiger partial charge in [-0.05, 0) is 52.7 Å². The summed E-state index contributed by atoms with van der Waals surface area (Å²) in [4.78, 5) is 18.7. The average Bonchev–Trinajstić information content (AvgIpc) is 3.52. The maximum absolute atomic E-state index is 12.0. The highest BCUT2D eigenvalue weighted by Crippen LogP contribution is 2.41. The number of nitrogens with one attached hydrogen (secondary N) is 2. The van der Waals surface area contributed by atoms with Crippen molar-refractivity contribution in [2.24, 2.45) is 5.18 Å². The maximum atomic E-state index is 12.0. The first kappa shape index (κ1) is 21.7. The van der Waals surface area contributed by atoms with E-state index in [0.29, 0.717) is 30.3 Å². The Labute approximate surface area is 207 Å². The third-order valence-corrected chi connectivity index (χ3v) is 6.25. The van der Waals surface area contributed by atoms with Crippen molar-refractivity contribution in [1.29, 1.82) is 0 Å². The normalized spacial score (nSPS) is 11.1. The molecule has 0 saturated carbocycles. The van der Waals surface area contributed by atoms with Crippen LogP contribution in [0.4, 0.5) is 5.69 Å². The van der Waals surface area contributed by atoms with Crippen LogP contribution in [-0.4, -0.2) is 9.97 Å². The van der Waals surface area contributed by atoms with E-state index in [2.05, 4.69) is 15.1 Å². The number of hydrogen-bond acceptors (Lipinski definition) is 4. The van der Waals surface area contributed by atoms with Gasteiger partial charge < -0.3 is 19.4 Å². The SMILES string of the molecule is O=Nc1c(-c2c[nH]c3ccc(OCc4ccccc4)cc23)[nH]c2ccc(OCc3ccccc3)cc12. The van der Waals surface area contributed by atoms with Crippen LogP contribution in [0.2, 0.25) is 0 Å². The van der Waals surface area contributed by atoms with E-state index in [4.69, 9.17) is 9.47 Å². The summed E-state index contributed by atoms with van der Waals surface area (Å²) in [5.74, 6) is 1.43. The molecule has 6 nitrogen and oxygen atoms in total. The standard InChI is InChI=1S/C30H23N3O3/c34-33-30-25-16-23(36-19-21-9-5-2-6-10-21)12-14-28(25)32-29(30)26-17-31-27-13-11-22(15-24(26)27)35-18-20-7-3-1-4-8-20/h1-17,31-32H,18-19H2. The number of H-pyrrole nitrogens is 2. The monoisotopic (exact) mass is 473 g/mol.